The summed E-state index contributed by atoms with van der Waals surface area (Å²) in [5, 5.41) is -0.0248. The maximum absolute atomic E-state index is 11.8. The minimum Gasteiger partial charge on any atom is -0.171 e. The summed E-state index contributed by atoms with van der Waals surface area (Å²) in [7, 11) is 0. The van der Waals surface area contributed by atoms with Crippen LogP contribution in [0.5, 0.6) is 0 Å². The number of hydrogen-bond acceptors (Lipinski definition) is 0. The molecule has 0 aromatic rings. The Morgan fingerprint density at radius 1 is 1.14 bits per heavy atom. The molecule has 0 aliphatic carbocycles. The molecule has 2 atom stereocenters. The molecule has 0 aliphatic rings. The fourth-order valence-electron chi connectivity index (χ4n) is 1.44. The van der Waals surface area contributed by atoms with Gasteiger partial charge < -0.3 is 0 Å². The Kier molecular flexibility index (Phi) is 5.87. The molecule has 0 N–H and O–H groups in total. The maximum atomic E-state index is 11.8. The monoisotopic (exact) mass is 230 g/mol. The van der Waals surface area contributed by atoms with Crippen LogP contribution in [0.1, 0.15) is 40.0 Å². The molecule has 0 nitrogen and oxygen atoms in total. The third kappa shape index (κ3) is 6.52. The smallest absolute Gasteiger partial charge is 0.171 e. The van der Waals surface area contributed by atoms with E-state index in [4.69, 9.17) is 11.6 Å². The minimum atomic E-state index is -4.03. The number of halogens is 4. The van der Waals surface area contributed by atoms with Gasteiger partial charge in [-0.05, 0) is 24.7 Å². The van der Waals surface area contributed by atoms with E-state index in [9.17, 15) is 13.2 Å². The predicted octanol–water partition coefficient (Wildman–Crippen LogP) is 4.62. The summed E-state index contributed by atoms with van der Waals surface area (Å²) in [6.07, 6.45) is -4.00. The zero-order valence-electron chi connectivity index (χ0n) is 8.87. The van der Waals surface area contributed by atoms with Crippen LogP contribution in [0.15, 0.2) is 0 Å². The number of alkyl halides is 4. The second-order valence-corrected chi connectivity index (χ2v) is 4.68. The van der Waals surface area contributed by atoms with Crippen molar-refractivity contribution in [3.8, 4) is 0 Å². The predicted molar refractivity (Wildman–Crippen MR) is 53.5 cm³/mol. The summed E-state index contributed by atoms with van der Waals surface area (Å²) in [5.41, 5.74) is 0. The van der Waals surface area contributed by atoms with Gasteiger partial charge in [0.25, 0.3) is 0 Å². The first-order chi connectivity index (χ1) is 6.24. The molecule has 0 spiro atoms. The zero-order valence-corrected chi connectivity index (χ0v) is 9.62. The standard InChI is InChI=1S/C10H18ClF3/c1-7(2)9(11)8(3)5-4-6-10(12,13)14/h7-9H,4-6H2,1-3H3. The Balaban J connectivity index is 3.69. The van der Waals surface area contributed by atoms with Crippen LogP contribution in [0.3, 0.4) is 0 Å². The van der Waals surface area contributed by atoms with Gasteiger partial charge in [0.15, 0.2) is 0 Å². The number of rotatable bonds is 5. The third-order valence-corrected chi connectivity index (χ3v) is 3.23. The lowest BCUT2D eigenvalue weighted by Crippen LogP contribution is -2.18. The van der Waals surface area contributed by atoms with E-state index >= 15 is 0 Å². The fraction of sp³-hybridized carbons (Fsp3) is 1.00. The summed E-state index contributed by atoms with van der Waals surface area (Å²) >= 11 is 6.03. The van der Waals surface area contributed by atoms with Crippen LogP contribution in [0.25, 0.3) is 0 Å². The van der Waals surface area contributed by atoms with E-state index in [0.29, 0.717) is 12.3 Å². The lowest BCUT2D eigenvalue weighted by Gasteiger charge is -2.21. The van der Waals surface area contributed by atoms with Crippen LogP contribution in [0.4, 0.5) is 13.2 Å². The average molecular weight is 231 g/mol. The first-order valence-electron chi connectivity index (χ1n) is 4.95. The molecule has 2 unspecified atom stereocenters. The van der Waals surface area contributed by atoms with Crippen LogP contribution >= 0.6 is 11.6 Å². The van der Waals surface area contributed by atoms with E-state index in [-0.39, 0.29) is 17.7 Å². The third-order valence-electron chi connectivity index (χ3n) is 2.30. The van der Waals surface area contributed by atoms with Crippen LogP contribution in [0.2, 0.25) is 0 Å². The van der Waals surface area contributed by atoms with E-state index in [1.807, 2.05) is 20.8 Å². The van der Waals surface area contributed by atoms with Crippen LogP contribution < -0.4 is 0 Å². The molecule has 0 rings (SSSR count). The quantitative estimate of drug-likeness (QED) is 0.605. The average Bonchev–Trinajstić information content (AvgIpc) is 2.00. The molecule has 0 aliphatic heterocycles. The van der Waals surface area contributed by atoms with Gasteiger partial charge in [-0.1, -0.05) is 20.8 Å². The maximum Gasteiger partial charge on any atom is 0.389 e. The molecule has 0 aromatic heterocycles. The second-order valence-electron chi connectivity index (χ2n) is 4.17. The highest BCUT2D eigenvalue weighted by molar-refractivity contribution is 6.20. The van der Waals surface area contributed by atoms with Gasteiger partial charge in [0.2, 0.25) is 0 Å². The summed E-state index contributed by atoms with van der Waals surface area (Å²) < 4.78 is 35.5. The molecule has 0 bridgehead atoms. The summed E-state index contributed by atoms with van der Waals surface area (Å²) in [4.78, 5) is 0. The fourth-order valence-corrected chi connectivity index (χ4v) is 1.57. The van der Waals surface area contributed by atoms with Gasteiger partial charge >= 0.3 is 6.18 Å². The highest BCUT2D eigenvalue weighted by atomic mass is 35.5. The van der Waals surface area contributed by atoms with Crippen LogP contribution in [-0.4, -0.2) is 11.6 Å². The van der Waals surface area contributed by atoms with Crippen molar-refractivity contribution in [3.63, 3.8) is 0 Å². The lowest BCUT2D eigenvalue weighted by atomic mass is 9.93. The highest BCUT2D eigenvalue weighted by Crippen LogP contribution is 2.27. The molecule has 0 saturated heterocycles. The largest absolute Gasteiger partial charge is 0.389 e. The molecule has 0 radical (unpaired) electrons. The normalized spacial score (nSPS) is 17.1. The molecule has 0 fully saturated rings. The lowest BCUT2D eigenvalue weighted by molar-refractivity contribution is -0.136. The van der Waals surface area contributed by atoms with Gasteiger partial charge in [-0.25, -0.2) is 0 Å². The first kappa shape index (κ1) is 14.1. The summed E-state index contributed by atoms with van der Waals surface area (Å²) in [5.74, 6) is 0.469. The van der Waals surface area contributed by atoms with Gasteiger partial charge in [0, 0.05) is 11.8 Å². The molecular weight excluding hydrogens is 213 g/mol. The molecule has 4 heteroatoms. The molecule has 0 heterocycles. The van der Waals surface area contributed by atoms with Crippen LogP contribution in [-0.2, 0) is 0 Å². The Morgan fingerprint density at radius 2 is 1.64 bits per heavy atom. The summed E-state index contributed by atoms with van der Waals surface area (Å²) in [6.45, 7) is 5.88. The van der Waals surface area contributed by atoms with Gasteiger partial charge in [0.1, 0.15) is 0 Å². The van der Waals surface area contributed by atoms with E-state index in [0.717, 1.165) is 0 Å². The Hall–Kier alpha value is 0.0800. The Labute approximate surface area is 88.8 Å². The Bertz CT molecular complexity index is 154. The molecule has 0 saturated carbocycles. The van der Waals surface area contributed by atoms with Crippen molar-refractivity contribution in [2.24, 2.45) is 11.8 Å². The van der Waals surface area contributed by atoms with Crippen molar-refractivity contribution < 1.29 is 13.2 Å². The minimum absolute atomic E-state index is 0.0248. The van der Waals surface area contributed by atoms with Crippen molar-refractivity contribution in [2.75, 3.05) is 0 Å². The topological polar surface area (TPSA) is 0 Å². The molecular formula is C10H18ClF3. The SMILES string of the molecule is CC(C)C(Cl)C(C)CCCC(F)(F)F. The van der Waals surface area contributed by atoms with Gasteiger partial charge in [-0.15, -0.1) is 11.6 Å². The molecule has 0 amide bonds. The van der Waals surface area contributed by atoms with E-state index < -0.39 is 12.6 Å². The first-order valence-corrected chi connectivity index (χ1v) is 5.38. The van der Waals surface area contributed by atoms with Crippen molar-refractivity contribution in [2.45, 2.75) is 51.6 Å². The van der Waals surface area contributed by atoms with Gasteiger partial charge in [-0.2, -0.15) is 13.2 Å². The molecule has 86 valence electrons. The second kappa shape index (κ2) is 5.84. The van der Waals surface area contributed by atoms with Crippen LogP contribution in [0, 0.1) is 11.8 Å². The zero-order chi connectivity index (χ0) is 11.4. The van der Waals surface area contributed by atoms with Crippen molar-refractivity contribution >= 4 is 11.6 Å². The molecule has 0 aromatic carbocycles. The molecule has 14 heavy (non-hydrogen) atoms. The van der Waals surface area contributed by atoms with Crippen molar-refractivity contribution in [1.29, 1.82) is 0 Å². The van der Waals surface area contributed by atoms with E-state index in [1.165, 1.54) is 0 Å². The number of hydrogen-bond donors (Lipinski definition) is 0. The van der Waals surface area contributed by atoms with E-state index in [2.05, 4.69) is 0 Å². The highest BCUT2D eigenvalue weighted by Gasteiger charge is 2.27. The van der Waals surface area contributed by atoms with E-state index in [1.54, 1.807) is 0 Å². The van der Waals surface area contributed by atoms with Gasteiger partial charge in [0.05, 0.1) is 0 Å². The Morgan fingerprint density at radius 3 is 2.00 bits per heavy atom. The van der Waals surface area contributed by atoms with Crippen molar-refractivity contribution in [1.82, 2.24) is 0 Å². The summed E-state index contributed by atoms with van der Waals surface area (Å²) in [6, 6.07) is 0. The van der Waals surface area contributed by atoms with Crippen molar-refractivity contribution in [3.05, 3.63) is 0 Å². The van der Waals surface area contributed by atoms with Gasteiger partial charge in [-0.3, -0.25) is 0 Å².